The molecule has 1 saturated heterocycles. The van der Waals surface area contributed by atoms with Gasteiger partial charge in [0.05, 0.1) is 57.4 Å². The standard InChI is InChI=1S/C73H136N2O16/c1-7-13-19-25-28-31-34-37-40-46-59(85-49-43-22-16-10-4)52-66(80)74-62(72(83)84)57-89-73-69(75-67(81)53-60(86-50-44-23-17-11-5)47-41-38-35-32-29-26-20-14-8-2)71(70(65(56-77)90-73)88-58-64(79)63(78)55-76)91-68(82)54-61(87-51-45-24-18-12-6)48-42-39-36-33-30-27-21-15-9-3/h59-62,64-65,69-71,73,77-79H,7-54,56-58H2,1-6H3,(H,74,80)(H,75,81)(H,83,84)/t59-,60-,61-,62+,64?,65?,69?,70-,71?,73-/m1/s1. The average molecular weight is 1300 g/mol. The molecule has 1 aliphatic rings. The number of hydrogen-bond donors (Lipinski definition) is 6. The van der Waals surface area contributed by atoms with Crippen LogP contribution in [-0.4, -0.2) is 151 Å². The summed E-state index contributed by atoms with van der Waals surface area (Å²) in [6.45, 7) is 12.2. The van der Waals surface area contributed by atoms with Crippen LogP contribution in [0.3, 0.4) is 0 Å². The van der Waals surface area contributed by atoms with Crippen LogP contribution in [0.1, 0.15) is 330 Å². The summed E-state index contributed by atoms with van der Waals surface area (Å²) in [6.07, 6.45) is 34.5. The molecule has 2 amide bonds. The number of hydrogen-bond acceptors (Lipinski definition) is 15. The summed E-state index contributed by atoms with van der Waals surface area (Å²) in [5.74, 6) is -2.97. The molecule has 10 atom stereocenters. The Morgan fingerprint density at radius 3 is 1.20 bits per heavy atom. The number of carboxylic acid groups (broad SMARTS) is 1. The van der Waals surface area contributed by atoms with E-state index in [0.717, 1.165) is 154 Å². The summed E-state index contributed by atoms with van der Waals surface area (Å²) < 4.78 is 44.4. The van der Waals surface area contributed by atoms with Gasteiger partial charge in [0.15, 0.2) is 24.4 Å². The lowest BCUT2D eigenvalue weighted by Gasteiger charge is -2.45. The number of nitrogens with one attached hydrogen (secondary N) is 2. The quantitative estimate of drug-likeness (QED) is 0.0143. The van der Waals surface area contributed by atoms with E-state index in [0.29, 0.717) is 39.1 Å². The highest BCUT2D eigenvalue weighted by Crippen LogP contribution is 2.30. The molecule has 0 saturated carbocycles. The zero-order valence-corrected chi connectivity index (χ0v) is 58.5. The van der Waals surface area contributed by atoms with Crippen LogP contribution in [-0.2, 0) is 57.1 Å². The van der Waals surface area contributed by atoms with E-state index in [-0.39, 0.29) is 19.3 Å². The van der Waals surface area contributed by atoms with Crippen LogP contribution in [0.25, 0.3) is 0 Å². The Morgan fingerprint density at radius 1 is 0.462 bits per heavy atom. The molecular weight excluding hydrogens is 1160 g/mol. The van der Waals surface area contributed by atoms with Gasteiger partial charge >= 0.3 is 11.9 Å². The summed E-state index contributed by atoms with van der Waals surface area (Å²) in [5.41, 5.74) is 0. The molecule has 4 unspecified atom stereocenters. The van der Waals surface area contributed by atoms with Crippen LogP contribution in [0.15, 0.2) is 5.76 Å². The maximum Gasteiger partial charge on any atom is 0.328 e. The van der Waals surface area contributed by atoms with Crippen LogP contribution in [0.5, 0.6) is 0 Å². The van der Waals surface area contributed by atoms with Gasteiger partial charge in [-0.15, -0.1) is 0 Å². The fraction of sp³-hybridized carbons (Fsp3) is 0.918. The Morgan fingerprint density at radius 2 is 0.824 bits per heavy atom. The highest BCUT2D eigenvalue weighted by molar-refractivity contribution is 5.84. The highest BCUT2D eigenvalue weighted by atomic mass is 16.7. The number of carbonyl (C=O) groups excluding carboxylic acids is 4. The lowest BCUT2D eigenvalue weighted by atomic mass is 9.95. The number of esters is 1. The molecule has 18 nitrogen and oxygen atoms in total. The molecular formula is C73H136N2O16. The van der Waals surface area contributed by atoms with E-state index in [2.05, 4.69) is 52.2 Å². The van der Waals surface area contributed by atoms with Gasteiger partial charge in [-0.05, 0) is 38.5 Å². The molecule has 91 heavy (non-hydrogen) atoms. The predicted molar refractivity (Wildman–Crippen MR) is 362 cm³/mol. The monoisotopic (exact) mass is 1300 g/mol. The molecule has 534 valence electrons. The molecule has 0 aliphatic carbocycles. The van der Waals surface area contributed by atoms with E-state index in [9.17, 15) is 44.4 Å². The molecule has 1 rings (SSSR count). The zero-order chi connectivity index (χ0) is 66.8. The molecule has 0 bridgehead atoms. The SMILES string of the molecule is CCCCCCCCCCC[C@H](CC(=O)NC1C(OC(=O)C[C@@H](CCCCCCCCCCC)OCCCCCC)[C@H](OCC(O)C(O)=C=O)C(CO)O[C@H]1OC[C@H](NC(=O)C[C@@H](CCCCCCCCCCC)OCCCCCC)C(=O)O)OCCCCCC. The molecule has 18 heteroatoms. The fourth-order valence-electron chi connectivity index (χ4n) is 11.8. The molecule has 0 radical (unpaired) electrons. The number of amides is 2. The van der Waals surface area contributed by atoms with Crippen LogP contribution >= 0.6 is 0 Å². The summed E-state index contributed by atoms with van der Waals surface area (Å²) >= 11 is 0. The van der Waals surface area contributed by atoms with E-state index >= 15 is 0 Å². The Kier molecular flexibility index (Phi) is 57.0. The number of carboxylic acids is 1. The predicted octanol–water partition coefficient (Wildman–Crippen LogP) is 15.5. The molecule has 1 aliphatic heterocycles. The number of unbranched alkanes of at least 4 members (excludes halogenated alkanes) is 33. The second-order valence-electron chi connectivity index (χ2n) is 26.0. The zero-order valence-electron chi connectivity index (χ0n) is 58.5. The van der Waals surface area contributed by atoms with Gasteiger partial charge in [-0.2, -0.15) is 0 Å². The van der Waals surface area contributed by atoms with Crippen LogP contribution in [0, 0.1) is 0 Å². The lowest BCUT2D eigenvalue weighted by molar-refractivity contribution is -0.284. The van der Waals surface area contributed by atoms with Gasteiger partial charge in [0, 0.05) is 19.8 Å². The third-order valence-electron chi connectivity index (χ3n) is 17.5. The number of rotatable bonds is 66. The summed E-state index contributed by atoms with van der Waals surface area (Å²) in [5, 5.41) is 48.2. The van der Waals surface area contributed by atoms with Crippen LogP contribution < -0.4 is 10.6 Å². The smallest absolute Gasteiger partial charge is 0.328 e. The molecule has 0 aromatic heterocycles. The fourth-order valence-corrected chi connectivity index (χ4v) is 11.8. The Balaban J connectivity index is 3.76. The molecule has 0 aromatic rings. The number of ether oxygens (including phenoxy) is 7. The van der Waals surface area contributed by atoms with Crippen LogP contribution in [0.2, 0.25) is 0 Å². The highest BCUT2D eigenvalue weighted by Gasteiger charge is 2.51. The summed E-state index contributed by atoms with van der Waals surface area (Å²) in [4.78, 5) is 67.8. The maximum absolute atomic E-state index is 14.7. The third-order valence-corrected chi connectivity index (χ3v) is 17.5. The molecule has 0 spiro atoms. The van der Waals surface area contributed by atoms with Gasteiger partial charge in [0.25, 0.3) is 0 Å². The summed E-state index contributed by atoms with van der Waals surface area (Å²) in [7, 11) is 0. The first-order valence-electron chi connectivity index (χ1n) is 37.3. The Labute approximate surface area is 552 Å². The normalized spacial score (nSPS) is 18.3. The van der Waals surface area contributed by atoms with Crippen molar-refractivity contribution in [3.05, 3.63) is 5.76 Å². The van der Waals surface area contributed by atoms with Gasteiger partial charge in [0.2, 0.25) is 17.6 Å². The van der Waals surface area contributed by atoms with Crippen molar-refractivity contribution in [3.63, 3.8) is 0 Å². The molecule has 0 aromatic carbocycles. The minimum absolute atomic E-state index is 0.0685. The van der Waals surface area contributed by atoms with E-state index < -0.39 is 110 Å². The Bertz CT molecular complexity index is 1790. The number of aliphatic carboxylic acids is 1. The first-order valence-corrected chi connectivity index (χ1v) is 37.3. The Hall–Kier alpha value is -3.19. The minimum Gasteiger partial charge on any atom is -0.500 e. The van der Waals surface area contributed by atoms with Gasteiger partial charge in [-0.25, -0.2) is 9.59 Å². The number of carbonyl (C=O) groups is 4. The lowest BCUT2D eigenvalue weighted by Crippen LogP contribution is -2.67. The maximum atomic E-state index is 14.7. The van der Waals surface area contributed by atoms with Crippen molar-refractivity contribution >= 4 is 29.7 Å². The van der Waals surface area contributed by atoms with E-state index in [4.69, 9.17) is 33.2 Å². The first kappa shape index (κ1) is 85.8. The minimum atomic E-state index is -1.87. The number of aliphatic hydroxyl groups is 3. The molecule has 1 fully saturated rings. The topological polar surface area (TPSA) is 255 Å². The third kappa shape index (κ3) is 45.8. The van der Waals surface area contributed by atoms with Gasteiger partial charge < -0.3 is 64.2 Å². The van der Waals surface area contributed by atoms with Gasteiger partial charge in [0.1, 0.15) is 24.4 Å². The van der Waals surface area contributed by atoms with Crippen molar-refractivity contribution in [1.29, 1.82) is 0 Å². The van der Waals surface area contributed by atoms with E-state index in [1.807, 2.05) is 0 Å². The van der Waals surface area contributed by atoms with Crippen molar-refractivity contribution < 1.29 is 77.6 Å². The van der Waals surface area contributed by atoms with E-state index in [1.165, 1.54) is 102 Å². The van der Waals surface area contributed by atoms with Crippen molar-refractivity contribution in [2.24, 2.45) is 0 Å². The van der Waals surface area contributed by atoms with Crippen molar-refractivity contribution in [2.75, 3.05) is 39.6 Å². The average Bonchev–Trinajstić information content (AvgIpc) is 0.821. The largest absolute Gasteiger partial charge is 0.500 e. The van der Waals surface area contributed by atoms with Crippen molar-refractivity contribution in [1.82, 2.24) is 10.6 Å². The first-order chi connectivity index (χ1) is 44.3. The summed E-state index contributed by atoms with van der Waals surface area (Å²) in [6, 6.07) is -3.06. The number of aliphatic hydroxyl groups excluding tert-OH is 3. The van der Waals surface area contributed by atoms with Crippen molar-refractivity contribution in [2.45, 2.75) is 392 Å². The molecule has 6 N–H and O–H groups in total. The molecule has 1 heterocycles. The van der Waals surface area contributed by atoms with Gasteiger partial charge in [-0.1, -0.05) is 273 Å². The van der Waals surface area contributed by atoms with Crippen molar-refractivity contribution in [3.8, 4) is 0 Å². The van der Waals surface area contributed by atoms with Crippen LogP contribution in [0.4, 0.5) is 0 Å². The van der Waals surface area contributed by atoms with E-state index in [1.54, 1.807) is 0 Å². The second kappa shape index (κ2) is 60.5. The second-order valence-corrected chi connectivity index (χ2v) is 26.0. The van der Waals surface area contributed by atoms with Gasteiger partial charge in [-0.3, -0.25) is 14.4 Å².